The second kappa shape index (κ2) is 7.62. The fourth-order valence-electron chi connectivity index (χ4n) is 2.68. The molecule has 0 aliphatic heterocycles. The Kier molecular flexibility index (Phi) is 5.09. The van der Waals surface area contributed by atoms with E-state index in [1.807, 2.05) is 55.5 Å². The number of carbonyl (C=O) groups excluding carboxylic acids is 1. The molecule has 1 aromatic heterocycles. The maximum atomic E-state index is 12.1. The van der Waals surface area contributed by atoms with Crippen molar-refractivity contribution in [1.29, 1.82) is 0 Å². The fraction of sp³-hybridized carbons (Fsp3) is 0.143. The average molecular weight is 332 g/mol. The first-order valence-corrected chi connectivity index (χ1v) is 8.17. The lowest BCUT2D eigenvalue weighted by Gasteiger charge is -2.08. The van der Waals surface area contributed by atoms with E-state index in [-0.39, 0.29) is 18.1 Å². The number of carbonyl (C=O) groups is 1. The van der Waals surface area contributed by atoms with Crippen molar-refractivity contribution in [2.24, 2.45) is 0 Å². The highest BCUT2D eigenvalue weighted by Crippen LogP contribution is 2.25. The summed E-state index contributed by atoms with van der Waals surface area (Å²) in [5.74, 6) is 0.200. The molecule has 0 bridgehead atoms. The third kappa shape index (κ3) is 4.44. The van der Waals surface area contributed by atoms with Crippen molar-refractivity contribution in [2.75, 3.05) is 0 Å². The van der Waals surface area contributed by atoms with Gasteiger partial charge in [0.1, 0.15) is 5.75 Å². The van der Waals surface area contributed by atoms with Gasteiger partial charge in [0.2, 0.25) is 5.91 Å². The molecule has 1 heterocycles. The van der Waals surface area contributed by atoms with Crippen LogP contribution < -0.4 is 5.32 Å². The van der Waals surface area contributed by atoms with E-state index in [1.54, 1.807) is 18.3 Å². The van der Waals surface area contributed by atoms with Crippen LogP contribution in [0.4, 0.5) is 0 Å². The Morgan fingerprint density at radius 2 is 1.88 bits per heavy atom. The Bertz CT molecular complexity index is 859. The van der Waals surface area contributed by atoms with Crippen molar-refractivity contribution in [1.82, 2.24) is 10.3 Å². The molecule has 0 unspecified atom stereocenters. The lowest BCUT2D eigenvalue weighted by atomic mass is 10.0. The first-order chi connectivity index (χ1) is 12.1. The third-order valence-corrected chi connectivity index (χ3v) is 4.02. The Balaban J connectivity index is 1.61. The molecule has 0 fully saturated rings. The smallest absolute Gasteiger partial charge is 0.226 e. The van der Waals surface area contributed by atoms with Crippen molar-refractivity contribution in [3.05, 3.63) is 83.7 Å². The van der Waals surface area contributed by atoms with E-state index in [4.69, 9.17) is 0 Å². The molecule has 2 N–H and O–H groups in total. The molecule has 0 atom stereocenters. The number of amides is 1. The molecule has 4 heteroatoms. The largest absolute Gasteiger partial charge is 0.508 e. The molecule has 0 aliphatic rings. The second-order valence-corrected chi connectivity index (χ2v) is 5.98. The molecular formula is C21H20N2O2. The van der Waals surface area contributed by atoms with Crippen molar-refractivity contribution >= 4 is 5.91 Å². The third-order valence-electron chi connectivity index (χ3n) is 4.02. The van der Waals surface area contributed by atoms with E-state index in [0.717, 1.165) is 27.9 Å². The van der Waals surface area contributed by atoms with Crippen LogP contribution in [-0.4, -0.2) is 16.0 Å². The lowest BCUT2D eigenvalue weighted by Crippen LogP contribution is -2.24. The molecule has 3 rings (SSSR count). The van der Waals surface area contributed by atoms with Crippen molar-refractivity contribution in [3.63, 3.8) is 0 Å². The van der Waals surface area contributed by atoms with E-state index in [9.17, 15) is 9.90 Å². The molecule has 25 heavy (non-hydrogen) atoms. The van der Waals surface area contributed by atoms with Crippen LogP contribution in [0.15, 0.2) is 66.9 Å². The van der Waals surface area contributed by atoms with Crippen LogP contribution in [0.3, 0.4) is 0 Å². The van der Waals surface area contributed by atoms with E-state index in [0.29, 0.717) is 6.54 Å². The van der Waals surface area contributed by atoms with Gasteiger partial charge in [-0.25, -0.2) is 0 Å². The fourth-order valence-corrected chi connectivity index (χ4v) is 2.68. The van der Waals surface area contributed by atoms with Gasteiger partial charge in [-0.15, -0.1) is 0 Å². The first kappa shape index (κ1) is 16.7. The van der Waals surface area contributed by atoms with Crippen LogP contribution >= 0.6 is 0 Å². The molecule has 0 aliphatic carbocycles. The normalized spacial score (nSPS) is 10.4. The number of pyridine rings is 1. The van der Waals surface area contributed by atoms with Gasteiger partial charge in [0.05, 0.1) is 6.42 Å². The van der Waals surface area contributed by atoms with Crippen LogP contribution in [0.5, 0.6) is 5.75 Å². The zero-order chi connectivity index (χ0) is 17.6. The van der Waals surface area contributed by atoms with Crippen molar-refractivity contribution < 1.29 is 9.90 Å². The molecular weight excluding hydrogens is 312 g/mol. The number of rotatable bonds is 5. The predicted octanol–water partition coefficient (Wildman–Crippen LogP) is 3.62. The first-order valence-electron chi connectivity index (χ1n) is 8.17. The van der Waals surface area contributed by atoms with Gasteiger partial charge < -0.3 is 10.4 Å². The predicted molar refractivity (Wildman–Crippen MR) is 98.1 cm³/mol. The number of aromatic hydroxyl groups is 1. The number of phenols is 1. The molecule has 0 radical (unpaired) electrons. The number of nitrogens with zero attached hydrogens (tertiary/aromatic N) is 1. The number of phenolic OH excluding ortho intramolecular Hbond substituents is 1. The summed E-state index contributed by atoms with van der Waals surface area (Å²) in [6.07, 6.45) is 2.01. The van der Waals surface area contributed by atoms with Gasteiger partial charge in [0.25, 0.3) is 0 Å². The maximum absolute atomic E-state index is 12.1. The standard InChI is InChI=1S/C21H20N2O2/c1-15-11-19(24)9-10-20(15)17-7-8-18(22-14-17)12-21(25)23-13-16-5-3-2-4-6-16/h2-11,14,24H,12-13H2,1H3,(H,23,25). The van der Waals surface area contributed by atoms with Gasteiger partial charge in [-0.1, -0.05) is 42.5 Å². The second-order valence-electron chi connectivity index (χ2n) is 5.98. The highest BCUT2D eigenvalue weighted by atomic mass is 16.3. The molecule has 1 amide bonds. The number of aryl methyl sites for hydroxylation is 1. The Hall–Kier alpha value is -3.14. The van der Waals surface area contributed by atoms with E-state index < -0.39 is 0 Å². The molecule has 0 saturated carbocycles. The van der Waals surface area contributed by atoms with Crippen molar-refractivity contribution in [2.45, 2.75) is 19.9 Å². The molecule has 4 nitrogen and oxygen atoms in total. The Morgan fingerprint density at radius 1 is 1.08 bits per heavy atom. The molecule has 2 aromatic carbocycles. The summed E-state index contributed by atoms with van der Waals surface area (Å²) in [4.78, 5) is 16.4. The molecule has 0 spiro atoms. The topological polar surface area (TPSA) is 62.2 Å². The van der Waals surface area contributed by atoms with Gasteiger partial charge in [-0.05, 0) is 41.8 Å². The number of hydrogen-bond donors (Lipinski definition) is 2. The zero-order valence-electron chi connectivity index (χ0n) is 14.1. The van der Waals surface area contributed by atoms with Crippen LogP contribution in [0.25, 0.3) is 11.1 Å². The quantitative estimate of drug-likeness (QED) is 0.750. The highest BCUT2D eigenvalue weighted by molar-refractivity contribution is 5.78. The lowest BCUT2D eigenvalue weighted by molar-refractivity contribution is -0.120. The maximum Gasteiger partial charge on any atom is 0.226 e. The summed E-state index contributed by atoms with van der Waals surface area (Å²) in [7, 11) is 0. The minimum Gasteiger partial charge on any atom is -0.508 e. The number of aromatic nitrogens is 1. The zero-order valence-corrected chi connectivity index (χ0v) is 14.1. The van der Waals surface area contributed by atoms with Gasteiger partial charge in [-0.3, -0.25) is 9.78 Å². The number of nitrogens with one attached hydrogen (secondary N) is 1. The molecule has 0 saturated heterocycles. The highest BCUT2D eigenvalue weighted by Gasteiger charge is 2.07. The molecule has 126 valence electrons. The van der Waals surface area contributed by atoms with Crippen LogP contribution in [-0.2, 0) is 17.8 Å². The van der Waals surface area contributed by atoms with E-state index in [1.165, 1.54) is 0 Å². The molecule has 3 aromatic rings. The summed E-state index contributed by atoms with van der Waals surface area (Å²) >= 11 is 0. The Morgan fingerprint density at radius 3 is 2.56 bits per heavy atom. The average Bonchev–Trinajstić information content (AvgIpc) is 2.62. The van der Waals surface area contributed by atoms with Gasteiger partial charge in [0.15, 0.2) is 0 Å². The number of benzene rings is 2. The van der Waals surface area contributed by atoms with Gasteiger partial charge in [0, 0.05) is 24.0 Å². The van der Waals surface area contributed by atoms with Gasteiger partial charge in [-0.2, -0.15) is 0 Å². The van der Waals surface area contributed by atoms with Crippen LogP contribution in [0.1, 0.15) is 16.8 Å². The summed E-state index contributed by atoms with van der Waals surface area (Å²) in [5, 5.41) is 12.4. The minimum absolute atomic E-state index is 0.0510. The number of hydrogen-bond acceptors (Lipinski definition) is 3. The summed E-state index contributed by atoms with van der Waals surface area (Å²) in [6, 6.07) is 18.9. The van der Waals surface area contributed by atoms with E-state index >= 15 is 0 Å². The van der Waals surface area contributed by atoms with Crippen LogP contribution in [0, 0.1) is 6.92 Å². The van der Waals surface area contributed by atoms with Crippen molar-refractivity contribution in [3.8, 4) is 16.9 Å². The Labute approximate surface area is 147 Å². The van der Waals surface area contributed by atoms with Crippen LogP contribution in [0.2, 0.25) is 0 Å². The summed E-state index contributed by atoms with van der Waals surface area (Å²) < 4.78 is 0. The summed E-state index contributed by atoms with van der Waals surface area (Å²) in [5.41, 5.74) is 4.76. The summed E-state index contributed by atoms with van der Waals surface area (Å²) in [6.45, 7) is 2.46. The SMILES string of the molecule is Cc1cc(O)ccc1-c1ccc(CC(=O)NCc2ccccc2)nc1. The monoisotopic (exact) mass is 332 g/mol. The minimum atomic E-state index is -0.0510. The van der Waals surface area contributed by atoms with Gasteiger partial charge >= 0.3 is 0 Å². The van der Waals surface area contributed by atoms with E-state index in [2.05, 4.69) is 10.3 Å².